The number of carbonyl (C=O) groups excluding carboxylic acids is 1. The first-order valence-corrected chi connectivity index (χ1v) is 7.69. The van der Waals surface area contributed by atoms with E-state index in [2.05, 4.69) is 10.2 Å². The molecule has 3 aliphatic rings. The molecule has 0 aromatic carbocycles. The highest BCUT2D eigenvalue weighted by Gasteiger charge is 2.30. The minimum atomic E-state index is 0.0877. The predicted molar refractivity (Wildman–Crippen MR) is 73.0 cm³/mol. The minimum Gasteiger partial charge on any atom is -0.377 e. The van der Waals surface area contributed by atoms with Crippen LogP contribution in [0.5, 0.6) is 0 Å². The average molecular weight is 267 g/mol. The van der Waals surface area contributed by atoms with Gasteiger partial charge in [-0.15, -0.1) is 0 Å². The fourth-order valence-electron chi connectivity index (χ4n) is 3.34. The molecule has 0 aromatic rings. The number of hydrogen-bond donors (Lipinski definition) is 1. The van der Waals surface area contributed by atoms with Gasteiger partial charge in [-0.25, -0.2) is 0 Å². The highest BCUT2D eigenvalue weighted by Crippen LogP contribution is 2.15. The van der Waals surface area contributed by atoms with Crippen molar-refractivity contribution in [3.05, 3.63) is 0 Å². The van der Waals surface area contributed by atoms with Crippen molar-refractivity contribution in [3.63, 3.8) is 0 Å². The van der Waals surface area contributed by atoms with Gasteiger partial charge in [0.25, 0.3) is 0 Å². The lowest BCUT2D eigenvalue weighted by atomic mass is 10.1. The van der Waals surface area contributed by atoms with E-state index in [0.29, 0.717) is 12.0 Å². The van der Waals surface area contributed by atoms with Crippen molar-refractivity contribution in [3.8, 4) is 0 Å². The largest absolute Gasteiger partial charge is 0.377 e. The van der Waals surface area contributed by atoms with Crippen LogP contribution >= 0.6 is 0 Å². The molecule has 3 rings (SSSR count). The van der Waals surface area contributed by atoms with Crippen molar-refractivity contribution in [2.75, 3.05) is 45.9 Å². The van der Waals surface area contributed by atoms with E-state index in [-0.39, 0.29) is 6.04 Å². The third-order valence-corrected chi connectivity index (χ3v) is 4.53. The summed E-state index contributed by atoms with van der Waals surface area (Å²) >= 11 is 0. The number of rotatable bonds is 3. The quantitative estimate of drug-likeness (QED) is 0.785. The summed E-state index contributed by atoms with van der Waals surface area (Å²) in [6.45, 7) is 6.72. The third kappa shape index (κ3) is 3.27. The van der Waals surface area contributed by atoms with E-state index in [1.54, 1.807) is 0 Å². The lowest BCUT2D eigenvalue weighted by molar-refractivity contribution is -0.135. The van der Waals surface area contributed by atoms with Crippen LogP contribution in [0.2, 0.25) is 0 Å². The molecule has 2 atom stereocenters. The minimum absolute atomic E-state index is 0.0877. The summed E-state index contributed by atoms with van der Waals surface area (Å²) in [7, 11) is 0. The molecule has 5 nitrogen and oxygen atoms in total. The van der Waals surface area contributed by atoms with Crippen molar-refractivity contribution in [2.45, 2.75) is 37.8 Å². The Morgan fingerprint density at radius 3 is 2.63 bits per heavy atom. The van der Waals surface area contributed by atoms with Crippen LogP contribution < -0.4 is 5.32 Å². The van der Waals surface area contributed by atoms with Gasteiger partial charge < -0.3 is 15.0 Å². The summed E-state index contributed by atoms with van der Waals surface area (Å²) < 4.78 is 5.68. The van der Waals surface area contributed by atoms with Gasteiger partial charge in [-0.1, -0.05) is 0 Å². The zero-order valence-corrected chi connectivity index (χ0v) is 11.6. The Morgan fingerprint density at radius 2 is 2.00 bits per heavy atom. The number of ether oxygens (including phenoxy) is 1. The Morgan fingerprint density at radius 1 is 1.16 bits per heavy atom. The summed E-state index contributed by atoms with van der Waals surface area (Å²) in [6, 6.07) is 0.0877. The van der Waals surface area contributed by atoms with E-state index in [1.807, 2.05) is 4.90 Å². The maximum absolute atomic E-state index is 12.3. The van der Waals surface area contributed by atoms with E-state index in [9.17, 15) is 4.79 Å². The first-order chi connectivity index (χ1) is 9.33. The Balaban J connectivity index is 1.42. The highest BCUT2D eigenvalue weighted by atomic mass is 16.5. The average Bonchev–Trinajstić information content (AvgIpc) is 3.12. The van der Waals surface area contributed by atoms with Crippen LogP contribution in [0.4, 0.5) is 0 Å². The van der Waals surface area contributed by atoms with Gasteiger partial charge in [0.05, 0.1) is 12.1 Å². The maximum atomic E-state index is 12.3. The number of carbonyl (C=O) groups is 1. The molecule has 3 aliphatic heterocycles. The van der Waals surface area contributed by atoms with Gasteiger partial charge in [0, 0.05) is 39.3 Å². The van der Waals surface area contributed by atoms with Gasteiger partial charge in [-0.3, -0.25) is 9.69 Å². The Hall–Kier alpha value is -0.650. The molecule has 0 saturated carbocycles. The topological polar surface area (TPSA) is 44.8 Å². The lowest BCUT2D eigenvalue weighted by Crippen LogP contribution is -2.54. The predicted octanol–water partition coefficient (Wildman–Crippen LogP) is 0.0616. The lowest BCUT2D eigenvalue weighted by Gasteiger charge is -2.36. The van der Waals surface area contributed by atoms with Crippen molar-refractivity contribution in [2.24, 2.45) is 0 Å². The van der Waals surface area contributed by atoms with Crippen molar-refractivity contribution < 1.29 is 9.53 Å². The van der Waals surface area contributed by atoms with Gasteiger partial charge in [0.2, 0.25) is 5.91 Å². The zero-order chi connectivity index (χ0) is 13.1. The smallest absolute Gasteiger partial charge is 0.239 e. The van der Waals surface area contributed by atoms with Gasteiger partial charge in [0.15, 0.2) is 0 Å². The summed E-state index contributed by atoms with van der Waals surface area (Å²) in [6.07, 6.45) is 4.98. The van der Waals surface area contributed by atoms with Gasteiger partial charge in [-0.2, -0.15) is 0 Å². The fourth-order valence-corrected chi connectivity index (χ4v) is 3.34. The van der Waals surface area contributed by atoms with Crippen molar-refractivity contribution in [1.82, 2.24) is 15.1 Å². The van der Waals surface area contributed by atoms with Crippen LogP contribution in [-0.4, -0.2) is 73.7 Å². The molecular weight excluding hydrogens is 242 g/mol. The first-order valence-electron chi connectivity index (χ1n) is 7.69. The summed E-state index contributed by atoms with van der Waals surface area (Å²) in [5, 5.41) is 3.30. The van der Waals surface area contributed by atoms with Crippen LogP contribution in [0.15, 0.2) is 0 Å². The molecule has 0 spiro atoms. The third-order valence-electron chi connectivity index (χ3n) is 4.53. The van der Waals surface area contributed by atoms with Gasteiger partial charge in [-0.05, 0) is 32.2 Å². The van der Waals surface area contributed by atoms with E-state index in [4.69, 9.17) is 4.74 Å². The van der Waals surface area contributed by atoms with E-state index in [0.717, 1.165) is 58.7 Å². The van der Waals surface area contributed by atoms with E-state index >= 15 is 0 Å². The van der Waals surface area contributed by atoms with Crippen molar-refractivity contribution in [1.29, 1.82) is 0 Å². The zero-order valence-electron chi connectivity index (χ0n) is 11.6. The standard InChI is InChI=1S/C14H25N3O2/c18-14(13-4-1-5-15-13)17-8-6-16(7-9-17)11-12-3-2-10-19-12/h12-13,15H,1-11H2/t12?,13-/m1/s1. The van der Waals surface area contributed by atoms with E-state index < -0.39 is 0 Å². The fraction of sp³-hybridized carbons (Fsp3) is 0.929. The van der Waals surface area contributed by atoms with Crippen molar-refractivity contribution >= 4 is 5.91 Å². The molecule has 1 unspecified atom stereocenters. The highest BCUT2D eigenvalue weighted by molar-refractivity contribution is 5.82. The molecule has 19 heavy (non-hydrogen) atoms. The molecule has 0 radical (unpaired) electrons. The molecule has 0 aliphatic carbocycles. The van der Waals surface area contributed by atoms with Gasteiger partial charge >= 0.3 is 0 Å². The van der Waals surface area contributed by atoms with Gasteiger partial charge in [0.1, 0.15) is 0 Å². The van der Waals surface area contributed by atoms with Crippen LogP contribution in [0.1, 0.15) is 25.7 Å². The molecule has 1 amide bonds. The molecule has 3 saturated heterocycles. The second-order valence-corrected chi connectivity index (χ2v) is 5.91. The summed E-state index contributed by atoms with van der Waals surface area (Å²) in [5.41, 5.74) is 0. The Bertz CT molecular complexity index is 304. The maximum Gasteiger partial charge on any atom is 0.239 e. The Kier molecular flexibility index (Phi) is 4.35. The van der Waals surface area contributed by atoms with Crippen LogP contribution in [0, 0.1) is 0 Å². The second-order valence-electron chi connectivity index (χ2n) is 5.91. The monoisotopic (exact) mass is 267 g/mol. The number of piperazine rings is 1. The van der Waals surface area contributed by atoms with E-state index in [1.165, 1.54) is 12.8 Å². The normalized spacial score (nSPS) is 32.9. The summed E-state index contributed by atoms with van der Waals surface area (Å²) in [4.78, 5) is 16.8. The molecule has 1 N–H and O–H groups in total. The molecule has 108 valence electrons. The second kappa shape index (κ2) is 6.20. The Labute approximate surface area is 115 Å². The SMILES string of the molecule is O=C([C@H]1CCCN1)N1CCN(CC2CCCO2)CC1. The first kappa shape index (κ1) is 13.3. The molecule has 3 fully saturated rings. The molecule has 0 aromatic heterocycles. The number of amides is 1. The number of hydrogen-bond acceptors (Lipinski definition) is 4. The van der Waals surface area contributed by atoms with Crippen LogP contribution in [0.3, 0.4) is 0 Å². The van der Waals surface area contributed by atoms with Crippen LogP contribution in [-0.2, 0) is 9.53 Å². The molecule has 0 bridgehead atoms. The number of nitrogens with one attached hydrogen (secondary N) is 1. The molecule has 3 heterocycles. The molecular formula is C14H25N3O2. The number of nitrogens with zero attached hydrogens (tertiary/aromatic N) is 2. The molecule has 5 heteroatoms. The summed E-state index contributed by atoms with van der Waals surface area (Å²) in [5.74, 6) is 0.314. The van der Waals surface area contributed by atoms with Crippen LogP contribution in [0.25, 0.3) is 0 Å².